The Hall–Kier alpha value is -0.620. The standard InChI is InChI=1S/C10H16O5S/c1-16(13,14)15-8-3-2-7-4-5-10(8,6-7)9(11)12/h7-8H,2-6H2,1H3,(H,11,12)/t7-,8-,10-/m0/s1. The smallest absolute Gasteiger partial charge is 0.312 e. The Balaban J connectivity index is 2.26. The van der Waals surface area contributed by atoms with Gasteiger partial charge in [-0.05, 0) is 38.0 Å². The molecule has 6 heteroatoms. The molecule has 0 radical (unpaired) electrons. The summed E-state index contributed by atoms with van der Waals surface area (Å²) in [5, 5.41) is 9.31. The van der Waals surface area contributed by atoms with Crippen LogP contribution in [0.1, 0.15) is 32.1 Å². The zero-order valence-electron chi connectivity index (χ0n) is 9.18. The van der Waals surface area contributed by atoms with Crippen LogP contribution in [0.25, 0.3) is 0 Å². The number of carboxylic acid groups (broad SMARTS) is 1. The summed E-state index contributed by atoms with van der Waals surface area (Å²) in [5.74, 6) is -0.487. The Bertz CT molecular complexity index is 401. The average molecular weight is 248 g/mol. The van der Waals surface area contributed by atoms with Crippen LogP contribution in [0, 0.1) is 11.3 Å². The summed E-state index contributed by atoms with van der Waals surface area (Å²) in [5.41, 5.74) is -0.966. The molecule has 0 aromatic rings. The zero-order valence-corrected chi connectivity index (χ0v) is 10.00. The number of aliphatic carboxylic acids is 1. The van der Waals surface area contributed by atoms with Crippen LogP contribution >= 0.6 is 0 Å². The van der Waals surface area contributed by atoms with Crippen molar-refractivity contribution in [2.45, 2.75) is 38.2 Å². The lowest BCUT2D eigenvalue weighted by atomic mass is 9.73. The van der Waals surface area contributed by atoms with Crippen LogP contribution in [-0.2, 0) is 19.1 Å². The largest absolute Gasteiger partial charge is 0.481 e. The van der Waals surface area contributed by atoms with Gasteiger partial charge in [0.05, 0.1) is 17.8 Å². The molecule has 3 atom stereocenters. The topological polar surface area (TPSA) is 80.7 Å². The van der Waals surface area contributed by atoms with E-state index in [0.717, 1.165) is 19.1 Å². The van der Waals surface area contributed by atoms with Crippen molar-refractivity contribution in [3.63, 3.8) is 0 Å². The normalized spacial score (nSPS) is 38.6. The van der Waals surface area contributed by atoms with Gasteiger partial charge < -0.3 is 5.11 Å². The van der Waals surface area contributed by atoms with Gasteiger partial charge in [0.2, 0.25) is 0 Å². The van der Waals surface area contributed by atoms with Crippen LogP contribution < -0.4 is 0 Å². The van der Waals surface area contributed by atoms with Crippen molar-refractivity contribution >= 4 is 16.1 Å². The van der Waals surface area contributed by atoms with Gasteiger partial charge in [0, 0.05) is 0 Å². The summed E-state index contributed by atoms with van der Waals surface area (Å²) in [6, 6.07) is 0. The van der Waals surface area contributed by atoms with E-state index in [4.69, 9.17) is 4.18 Å². The molecule has 2 fully saturated rings. The highest BCUT2D eigenvalue weighted by Crippen LogP contribution is 2.52. The lowest BCUT2D eigenvalue weighted by molar-refractivity contribution is -0.156. The third-order valence-corrected chi connectivity index (χ3v) is 4.40. The van der Waals surface area contributed by atoms with Gasteiger partial charge in [-0.15, -0.1) is 0 Å². The molecule has 0 unspecified atom stereocenters. The number of hydrogen-bond donors (Lipinski definition) is 1. The van der Waals surface area contributed by atoms with Gasteiger partial charge in [-0.25, -0.2) is 0 Å². The molecular formula is C10H16O5S. The molecule has 2 saturated carbocycles. The van der Waals surface area contributed by atoms with Crippen molar-refractivity contribution in [1.29, 1.82) is 0 Å². The third-order valence-electron chi connectivity index (χ3n) is 3.82. The minimum Gasteiger partial charge on any atom is -0.481 e. The first-order chi connectivity index (χ1) is 7.33. The Kier molecular flexibility index (Phi) is 2.74. The molecule has 0 heterocycles. The second-order valence-corrected chi connectivity index (χ2v) is 6.54. The quantitative estimate of drug-likeness (QED) is 0.753. The van der Waals surface area contributed by atoms with E-state index in [1.807, 2.05) is 0 Å². The monoisotopic (exact) mass is 248 g/mol. The summed E-state index contributed by atoms with van der Waals surface area (Å²) in [6.45, 7) is 0. The molecule has 0 aliphatic heterocycles. The van der Waals surface area contributed by atoms with Gasteiger partial charge in [-0.1, -0.05) is 0 Å². The van der Waals surface area contributed by atoms with Crippen molar-refractivity contribution < 1.29 is 22.5 Å². The van der Waals surface area contributed by atoms with E-state index in [1.165, 1.54) is 0 Å². The molecule has 1 N–H and O–H groups in total. The summed E-state index contributed by atoms with van der Waals surface area (Å²) in [4.78, 5) is 11.4. The maximum Gasteiger partial charge on any atom is 0.312 e. The minimum absolute atomic E-state index is 0.426. The van der Waals surface area contributed by atoms with E-state index in [1.54, 1.807) is 0 Å². The van der Waals surface area contributed by atoms with Crippen LogP contribution in [-0.4, -0.2) is 31.9 Å². The minimum atomic E-state index is -3.58. The van der Waals surface area contributed by atoms with Crippen LogP contribution in [0.4, 0.5) is 0 Å². The van der Waals surface area contributed by atoms with Crippen LogP contribution in [0.15, 0.2) is 0 Å². The SMILES string of the molecule is CS(=O)(=O)O[C@H]1CC[C@H]2CC[C@]1(C(=O)O)C2. The summed E-state index contributed by atoms with van der Waals surface area (Å²) in [6.07, 6.45) is 3.66. The van der Waals surface area contributed by atoms with E-state index in [0.29, 0.717) is 25.2 Å². The summed E-state index contributed by atoms with van der Waals surface area (Å²) in [7, 11) is -3.58. The number of hydrogen-bond acceptors (Lipinski definition) is 4. The van der Waals surface area contributed by atoms with Gasteiger partial charge in [-0.3, -0.25) is 8.98 Å². The van der Waals surface area contributed by atoms with E-state index >= 15 is 0 Å². The third kappa shape index (κ3) is 1.96. The summed E-state index contributed by atoms with van der Waals surface area (Å²) >= 11 is 0. The molecule has 0 aromatic heterocycles. The molecule has 2 bridgehead atoms. The molecule has 0 saturated heterocycles. The van der Waals surface area contributed by atoms with Gasteiger partial charge >= 0.3 is 5.97 Å². The van der Waals surface area contributed by atoms with Gasteiger partial charge in [0.25, 0.3) is 10.1 Å². The highest BCUT2D eigenvalue weighted by atomic mass is 32.2. The summed E-state index contributed by atoms with van der Waals surface area (Å²) < 4.78 is 27.2. The molecule has 0 amide bonds. The molecule has 2 rings (SSSR count). The molecule has 5 nitrogen and oxygen atoms in total. The first kappa shape index (κ1) is 11.9. The van der Waals surface area contributed by atoms with Gasteiger partial charge in [-0.2, -0.15) is 8.42 Å². The van der Waals surface area contributed by atoms with Gasteiger partial charge in [0.1, 0.15) is 0 Å². The fraction of sp³-hybridized carbons (Fsp3) is 0.900. The van der Waals surface area contributed by atoms with Crippen LogP contribution in [0.3, 0.4) is 0 Å². The van der Waals surface area contributed by atoms with Crippen molar-refractivity contribution in [3.8, 4) is 0 Å². The predicted molar refractivity (Wildman–Crippen MR) is 56.4 cm³/mol. The lowest BCUT2D eigenvalue weighted by Gasteiger charge is -2.36. The lowest BCUT2D eigenvalue weighted by Crippen LogP contribution is -2.45. The van der Waals surface area contributed by atoms with Crippen molar-refractivity contribution in [2.75, 3.05) is 6.26 Å². The fourth-order valence-electron chi connectivity index (χ4n) is 3.07. The highest BCUT2D eigenvalue weighted by molar-refractivity contribution is 7.86. The maximum absolute atomic E-state index is 11.4. The van der Waals surface area contributed by atoms with Crippen molar-refractivity contribution in [2.24, 2.45) is 11.3 Å². The van der Waals surface area contributed by atoms with E-state index < -0.39 is 27.6 Å². The maximum atomic E-state index is 11.4. The molecule has 16 heavy (non-hydrogen) atoms. The number of carbonyl (C=O) groups is 1. The second kappa shape index (κ2) is 3.70. The highest BCUT2D eigenvalue weighted by Gasteiger charge is 2.55. The first-order valence-corrected chi connectivity index (χ1v) is 7.27. The number of carboxylic acids is 1. The fourth-order valence-corrected chi connectivity index (χ4v) is 3.77. The van der Waals surface area contributed by atoms with Crippen LogP contribution in [0.5, 0.6) is 0 Å². The second-order valence-electron chi connectivity index (χ2n) is 4.94. The van der Waals surface area contributed by atoms with Crippen molar-refractivity contribution in [1.82, 2.24) is 0 Å². The average Bonchev–Trinajstić information content (AvgIpc) is 2.49. The molecule has 92 valence electrons. The van der Waals surface area contributed by atoms with Crippen molar-refractivity contribution in [3.05, 3.63) is 0 Å². The Morgan fingerprint density at radius 1 is 1.38 bits per heavy atom. The van der Waals surface area contributed by atoms with E-state index in [9.17, 15) is 18.3 Å². The Labute approximate surface area is 94.9 Å². The van der Waals surface area contributed by atoms with E-state index in [-0.39, 0.29) is 0 Å². The van der Waals surface area contributed by atoms with Gasteiger partial charge in [0.15, 0.2) is 0 Å². The Morgan fingerprint density at radius 2 is 2.06 bits per heavy atom. The molecule has 0 spiro atoms. The predicted octanol–water partition coefficient (Wildman–Crippen LogP) is 0.996. The number of fused-ring (bicyclic) bond motifs is 2. The Morgan fingerprint density at radius 3 is 2.62 bits per heavy atom. The number of rotatable bonds is 3. The zero-order chi connectivity index (χ0) is 12.0. The molecule has 0 aromatic carbocycles. The first-order valence-electron chi connectivity index (χ1n) is 5.45. The van der Waals surface area contributed by atoms with Crippen LogP contribution in [0.2, 0.25) is 0 Å². The molecule has 2 aliphatic carbocycles. The molecule has 2 aliphatic rings. The van der Waals surface area contributed by atoms with E-state index in [2.05, 4.69) is 0 Å². The molecular weight excluding hydrogens is 232 g/mol.